The number of para-hydroxylation sites is 1. The number of pyridine rings is 1. The number of aromatic amines is 1. The Morgan fingerprint density at radius 3 is 2.58 bits per heavy atom. The summed E-state index contributed by atoms with van der Waals surface area (Å²) >= 11 is 0. The molecule has 9 nitrogen and oxygen atoms in total. The second kappa shape index (κ2) is 9.89. The molecule has 1 amide bonds. The van der Waals surface area contributed by atoms with Gasteiger partial charge in [0.1, 0.15) is 5.75 Å². The Hall–Kier alpha value is -2.85. The summed E-state index contributed by atoms with van der Waals surface area (Å²) in [6.07, 6.45) is 2.74. The van der Waals surface area contributed by atoms with E-state index in [9.17, 15) is 18.0 Å². The highest BCUT2D eigenvalue weighted by atomic mass is 32.2. The predicted octanol–water partition coefficient (Wildman–Crippen LogP) is 2.58. The van der Waals surface area contributed by atoms with E-state index in [1.54, 1.807) is 13.0 Å². The van der Waals surface area contributed by atoms with Crippen molar-refractivity contribution in [3.63, 3.8) is 0 Å². The minimum absolute atomic E-state index is 0.0491. The molecule has 4 rings (SSSR count). The number of aryl methyl sites for hydroxylation is 1. The maximum Gasteiger partial charge on any atom is 0.256 e. The Labute approximate surface area is 212 Å². The van der Waals surface area contributed by atoms with Gasteiger partial charge >= 0.3 is 0 Å². The molecule has 2 aliphatic rings. The number of H-pyrrole nitrogens is 1. The Morgan fingerprint density at radius 2 is 1.94 bits per heavy atom. The van der Waals surface area contributed by atoms with Crippen molar-refractivity contribution in [3.8, 4) is 5.75 Å². The zero-order chi connectivity index (χ0) is 26.3. The van der Waals surface area contributed by atoms with Gasteiger partial charge in [0.05, 0.1) is 36.9 Å². The quantitative estimate of drug-likeness (QED) is 0.520. The molecular weight excluding hydrogens is 480 g/mol. The smallest absolute Gasteiger partial charge is 0.256 e. The van der Waals surface area contributed by atoms with Crippen LogP contribution in [0.2, 0.25) is 0 Å². The number of nitrogens with zero attached hydrogens (tertiary/aromatic N) is 1. The number of fused-ring (bicyclic) bond motifs is 1. The van der Waals surface area contributed by atoms with Crippen molar-refractivity contribution in [2.75, 3.05) is 31.8 Å². The molecule has 36 heavy (non-hydrogen) atoms. The van der Waals surface area contributed by atoms with Crippen LogP contribution in [0.25, 0.3) is 0 Å². The molecule has 0 radical (unpaired) electrons. The lowest BCUT2D eigenvalue weighted by molar-refractivity contribution is -0.124. The third-order valence-corrected chi connectivity index (χ3v) is 9.35. The van der Waals surface area contributed by atoms with Crippen LogP contribution in [0.3, 0.4) is 0 Å². The van der Waals surface area contributed by atoms with E-state index in [1.165, 1.54) is 17.7 Å². The summed E-state index contributed by atoms with van der Waals surface area (Å²) in [5.74, 6) is 0.129. The fourth-order valence-corrected chi connectivity index (χ4v) is 6.72. The normalized spacial score (nSPS) is 23.5. The molecule has 2 aliphatic heterocycles. The van der Waals surface area contributed by atoms with Crippen LogP contribution in [0.5, 0.6) is 5.75 Å². The van der Waals surface area contributed by atoms with Crippen LogP contribution in [0.15, 0.2) is 35.1 Å². The number of piperidine rings is 1. The van der Waals surface area contributed by atoms with Crippen LogP contribution in [-0.4, -0.2) is 55.6 Å². The second-order valence-corrected chi connectivity index (χ2v) is 12.2. The van der Waals surface area contributed by atoms with Crippen LogP contribution in [0.4, 0.5) is 5.69 Å². The van der Waals surface area contributed by atoms with E-state index in [1.807, 2.05) is 24.3 Å². The summed E-state index contributed by atoms with van der Waals surface area (Å²) in [6, 6.07) is 9.56. The van der Waals surface area contributed by atoms with E-state index in [0.29, 0.717) is 30.1 Å². The Balaban J connectivity index is 1.58. The number of aromatic nitrogens is 1. The van der Waals surface area contributed by atoms with Gasteiger partial charge in [0.2, 0.25) is 15.9 Å². The summed E-state index contributed by atoms with van der Waals surface area (Å²) in [4.78, 5) is 29.1. The second-order valence-electron chi connectivity index (χ2n) is 10.3. The van der Waals surface area contributed by atoms with Crippen molar-refractivity contribution in [3.05, 3.63) is 57.5 Å². The molecule has 0 saturated carbocycles. The third-order valence-electron chi connectivity index (χ3n) is 8.05. The van der Waals surface area contributed by atoms with Gasteiger partial charge in [0, 0.05) is 24.5 Å². The van der Waals surface area contributed by atoms with Crippen LogP contribution >= 0.6 is 0 Å². The van der Waals surface area contributed by atoms with Gasteiger partial charge in [-0.25, -0.2) is 12.7 Å². The first kappa shape index (κ1) is 26.2. The molecule has 10 heteroatoms. The monoisotopic (exact) mass is 516 g/mol. The lowest BCUT2D eigenvalue weighted by Gasteiger charge is -2.44. The average molecular weight is 517 g/mol. The molecule has 196 valence electrons. The number of hydrogen-bond acceptors (Lipinski definition) is 6. The molecule has 1 aromatic heterocycles. The van der Waals surface area contributed by atoms with Gasteiger partial charge in [-0.2, -0.15) is 0 Å². The van der Waals surface area contributed by atoms with Crippen LogP contribution in [0, 0.1) is 18.8 Å². The number of methoxy groups -OCH3 is 1. The topological polar surface area (TPSA) is 121 Å². The maximum atomic E-state index is 13.8. The number of amides is 1. The van der Waals surface area contributed by atoms with Crippen molar-refractivity contribution < 1.29 is 17.9 Å². The first-order valence-corrected chi connectivity index (χ1v) is 14.2. The summed E-state index contributed by atoms with van der Waals surface area (Å²) in [5.41, 5.74) is 2.03. The molecule has 3 atom stereocenters. The molecule has 0 aliphatic carbocycles. The number of ether oxygens (including phenoxy) is 1. The lowest BCUT2D eigenvalue weighted by Crippen LogP contribution is -2.52. The number of benzene rings is 1. The summed E-state index contributed by atoms with van der Waals surface area (Å²) < 4.78 is 30.9. The Kier molecular flexibility index (Phi) is 7.21. The van der Waals surface area contributed by atoms with Crippen molar-refractivity contribution in [2.45, 2.75) is 51.6 Å². The highest BCUT2D eigenvalue weighted by Gasteiger charge is 2.51. The molecule has 2 aromatic rings. The minimum atomic E-state index is -3.21. The lowest BCUT2D eigenvalue weighted by atomic mass is 9.68. The fraction of sp³-hybridized carbons (Fsp3) is 0.538. The molecule has 3 N–H and O–H groups in total. The van der Waals surface area contributed by atoms with Gasteiger partial charge in [-0.05, 0) is 56.2 Å². The van der Waals surface area contributed by atoms with Crippen molar-refractivity contribution in [1.82, 2.24) is 14.6 Å². The van der Waals surface area contributed by atoms with Gasteiger partial charge in [-0.15, -0.1) is 0 Å². The van der Waals surface area contributed by atoms with Crippen molar-refractivity contribution in [1.29, 1.82) is 0 Å². The van der Waals surface area contributed by atoms with E-state index < -0.39 is 21.5 Å². The number of carbonyl (C=O) groups is 1. The molecule has 1 aromatic carbocycles. The number of hydrogen-bond donors (Lipinski definition) is 3. The first-order valence-electron chi connectivity index (χ1n) is 12.3. The largest absolute Gasteiger partial charge is 0.496 e. The standard InChI is InChI=1S/C26H36N4O5S/c1-16-14-22(35-4)20(24(31)28-16)15-27-25(32)23-19-8-6-7-9-21(19)29-26(23,3)17(2)18-10-12-30(13-11-18)36(5,33)34/h6-9,14,17-18,23,29H,10-13,15H2,1-5H3,(H,27,32)(H,28,31)/t17?,23?,26-/m0/s1. The molecule has 0 spiro atoms. The molecule has 2 unspecified atom stereocenters. The highest BCUT2D eigenvalue weighted by Crippen LogP contribution is 2.49. The highest BCUT2D eigenvalue weighted by molar-refractivity contribution is 7.88. The Morgan fingerprint density at radius 1 is 1.28 bits per heavy atom. The van der Waals surface area contributed by atoms with Crippen molar-refractivity contribution in [2.24, 2.45) is 11.8 Å². The van der Waals surface area contributed by atoms with Gasteiger partial charge in [0.25, 0.3) is 5.56 Å². The maximum absolute atomic E-state index is 13.8. The molecular formula is C26H36N4O5S. The molecule has 1 saturated heterocycles. The number of rotatable bonds is 7. The van der Waals surface area contributed by atoms with E-state index in [-0.39, 0.29) is 29.8 Å². The van der Waals surface area contributed by atoms with Crippen LogP contribution in [-0.2, 0) is 21.4 Å². The summed E-state index contributed by atoms with van der Waals surface area (Å²) in [7, 11) is -1.70. The molecule has 0 bridgehead atoms. The van der Waals surface area contributed by atoms with Gasteiger partial charge in [0.15, 0.2) is 0 Å². The summed E-state index contributed by atoms with van der Waals surface area (Å²) in [6.45, 7) is 7.03. The van der Waals surface area contributed by atoms with Gasteiger partial charge in [-0.1, -0.05) is 25.1 Å². The SMILES string of the molecule is COc1cc(C)[nH]c(=O)c1CNC(=O)C1c2ccccc2N[C@@]1(C)C(C)C1CCN(S(C)(=O)=O)CC1. The number of sulfonamides is 1. The zero-order valence-corrected chi connectivity index (χ0v) is 22.4. The molecule has 1 fully saturated rings. The first-order chi connectivity index (χ1) is 17.0. The average Bonchev–Trinajstić information content (AvgIpc) is 3.15. The minimum Gasteiger partial charge on any atom is -0.496 e. The van der Waals surface area contributed by atoms with E-state index in [0.717, 1.165) is 24.1 Å². The van der Waals surface area contributed by atoms with Crippen LogP contribution in [0.1, 0.15) is 49.4 Å². The molecule has 3 heterocycles. The van der Waals surface area contributed by atoms with Crippen molar-refractivity contribution >= 4 is 21.6 Å². The number of nitrogens with one attached hydrogen (secondary N) is 3. The Bertz CT molecular complexity index is 1300. The van der Waals surface area contributed by atoms with Gasteiger partial charge in [-0.3, -0.25) is 9.59 Å². The number of carbonyl (C=O) groups excluding carboxylic acids is 1. The zero-order valence-electron chi connectivity index (χ0n) is 21.6. The fourth-order valence-electron chi connectivity index (χ4n) is 5.85. The van der Waals surface area contributed by atoms with E-state index >= 15 is 0 Å². The van der Waals surface area contributed by atoms with Gasteiger partial charge < -0.3 is 20.4 Å². The van der Waals surface area contributed by atoms with E-state index in [2.05, 4.69) is 29.5 Å². The number of anilines is 1. The predicted molar refractivity (Wildman–Crippen MR) is 140 cm³/mol. The third kappa shape index (κ3) is 4.88. The summed E-state index contributed by atoms with van der Waals surface area (Å²) in [5, 5.41) is 6.62. The van der Waals surface area contributed by atoms with E-state index in [4.69, 9.17) is 4.74 Å². The van der Waals surface area contributed by atoms with Crippen LogP contribution < -0.4 is 20.9 Å².